The van der Waals surface area contributed by atoms with Crippen LogP contribution in [0.3, 0.4) is 0 Å². The fraction of sp³-hybridized carbons (Fsp3) is 0.556. The maximum atomic E-state index is 9.87. The normalized spacial score (nSPS) is 19.1. The minimum atomic E-state index is -0.467. The molecule has 0 unspecified atom stereocenters. The van der Waals surface area contributed by atoms with E-state index in [1.807, 2.05) is 12.1 Å². The highest BCUT2D eigenvalue weighted by Gasteiger charge is 2.22. The summed E-state index contributed by atoms with van der Waals surface area (Å²) in [5.74, 6) is 0. The minimum absolute atomic E-state index is 0.358. The Morgan fingerprint density at radius 2 is 2.14 bits per heavy atom. The van der Waals surface area contributed by atoms with E-state index < -0.39 is 6.10 Å². The number of anilines is 1. The van der Waals surface area contributed by atoms with Crippen molar-refractivity contribution in [2.75, 3.05) is 19.5 Å². The Hall–Kier alpha value is -1.32. The van der Waals surface area contributed by atoms with Gasteiger partial charge in [-0.15, -0.1) is 0 Å². The first-order chi connectivity index (χ1) is 9.91. The zero-order chi connectivity index (χ0) is 15.5. The first-order valence-electron chi connectivity index (χ1n) is 7.66. The Morgan fingerprint density at radius 1 is 1.38 bits per heavy atom. The van der Waals surface area contributed by atoms with Gasteiger partial charge in [-0.05, 0) is 47.9 Å². The van der Waals surface area contributed by atoms with Crippen LogP contribution in [0.1, 0.15) is 44.2 Å². The first-order valence-corrected chi connectivity index (χ1v) is 7.66. The van der Waals surface area contributed by atoms with E-state index in [1.165, 1.54) is 12.0 Å². The summed E-state index contributed by atoms with van der Waals surface area (Å²) in [6.45, 7) is 4.97. The lowest BCUT2D eigenvalue weighted by Crippen LogP contribution is -2.17. The van der Waals surface area contributed by atoms with Gasteiger partial charge < -0.3 is 15.6 Å². The molecule has 116 valence electrons. The number of hydrogen-bond acceptors (Lipinski definition) is 3. The van der Waals surface area contributed by atoms with Crippen LogP contribution >= 0.6 is 0 Å². The molecule has 0 radical (unpaired) electrons. The van der Waals surface area contributed by atoms with Crippen molar-refractivity contribution in [2.45, 2.75) is 45.6 Å². The van der Waals surface area contributed by atoms with E-state index in [2.05, 4.69) is 26.0 Å². The summed E-state index contributed by atoms with van der Waals surface area (Å²) in [5.41, 5.74) is 10.9. The summed E-state index contributed by atoms with van der Waals surface area (Å²) < 4.78 is 4.98. The molecule has 1 atom stereocenters. The molecule has 1 aromatic rings. The summed E-state index contributed by atoms with van der Waals surface area (Å²) in [7, 11) is 1.60. The molecule has 1 aliphatic carbocycles. The summed E-state index contributed by atoms with van der Waals surface area (Å²) in [6.07, 6.45) is 5.81. The maximum Gasteiger partial charge on any atom is 0.0813 e. The molecule has 3 nitrogen and oxygen atoms in total. The summed E-state index contributed by atoms with van der Waals surface area (Å²) in [5, 5.41) is 9.87. The van der Waals surface area contributed by atoms with E-state index in [1.54, 1.807) is 7.11 Å². The number of rotatable bonds is 5. The molecule has 0 saturated carbocycles. The van der Waals surface area contributed by atoms with E-state index in [-0.39, 0.29) is 0 Å². The predicted octanol–water partition coefficient (Wildman–Crippen LogP) is 3.41. The van der Waals surface area contributed by atoms with Crippen LogP contribution < -0.4 is 5.73 Å². The number of nitrogens with two attached hydrogens (primary N) is 1. The summed E-state index contributed by atoms with van der Waals surface area (Å²) in [4.78, 5) is 0. The molecule has 3 N–H and O–H groups in total. The van der Waals surface area contributed by atoms with Crippen molar-refractivity contribution < 1.29 is 9.84 Å². The molecule has 1 aliphatic rings. The van der Waals surface area contributed by atoms with Gasteiger partial charge in [-0.25, -0.2) is 0 Å². The number of aliphatic hydroxyl groups excluding tert-OH is 1. The fourth-order valence-corrected chi connectivity index (χ4v) is 2.85. The van der Waals surface area contributed by atoms with Gasteiger partial charge in [-0.3, -0.25) is 0 Å². The highest BCUT2D eigenvalue weighted by molar-refractivity contribution is 5.76. The van der Waals surface area contributed by atoms with Gasteiger partial charge in [0.05, 0.1) is 12.7 Å². The van der Waals surface area contributed by atoms with Gasteiger partial charge in [-0.2, -0.15) is 0 Å². The lowest BCUT2D eigenvalue weighted by Gasteiger charge is -2.29. The minimum Gasteiger partial charge on any atom is -0.398 e. The first kappa shape index (κ1) is 16.1. The molecule has 0 saturated heterocycles. The molecule has 0 heterocycles. The van der Waals surface area contributed by atoms with Gasteiger partial charge in [-0.1, -0.05) is 26.0 Å². The van der Waals surface area contributed by atoms with Gasteiger partial charge in [0.25, 0.3) is 0 Å². The molecule has 0 bridgehead atoms. The number of methoxy groups -OCH3 is 1. The van der Waals surface area contributed by atoms with Crippen molar-refractivity contribution in [3.05, 3.63) is 35.4 Å². The smallest absolute Gasteiger partial charge is 0.0813 e. The number of allylic oxidation sites excluding steroid dienone is 2. The Balaban J connectivity index is 2.18. The van der Waals surface area contributed by atoms with Gasteiger partial charge in [0.1, 0.15) is 0 Å². The van der Waals surface area contributed by atoms with Crippen LogP contribution in [0.5, 0.6) is 0 Å². The highest BCUT2D eigenvalue weighted by Crippen LogP contribution is 2.39. The topological polar surface area (TPSA) is 55.5 Å². The number of ether oxygens (including phenoxy) is 1. The second-order valence-corrected chi connectivity index (χ2v) is 6.83. The van der Waals surface area contributed by atoms with Crippen LogP contribution in [0.15, 0.2) is 24.3 Å². The Morgan fingerprint density at radius 3 is 2.76 bits per heavy atom. The van der Waals surface area contributed by atoms with E-state index in [4.69, 9.17) is 10.5 Å². The van der Waals surface area contributed by atoms with Crippen LogP contribution in [0.25, 0.3) is 5.57 Å². The molecular weight excluding hydrogens is 262 g/mol. The molecular formula is C18H27NO2. The van der Waals surface area contributed by atoms with Crippen LogP contribution in [0.4, 0.5) is 5.69 Å². The number of benzene rings is 1. The third-order valence-corrected chi connectivity index (χ3v) is 4.27. The van der Waals surface area contributed by atoms with Crippen molar-refractivity contribution >= 4 is 11.3 Å². The van der Waals surface area contributed by atoms with E-state index in [0.717, 1.165) is 29.7 Å². The van der Waals surface area contributed by atoms with Crippen LogP contribution in [0, 0.1) is 5.41 Å². The van der Waals surface area contributed by atoms with E-state index in [9.17, 15) is 5.11 Å². The van der Waals surface area contributed by atoms with Crippen LogP contribution in [0.2, 0.25) is 0 Å². The van der Waals surface area contributed by atoms with Crippen molar-refractivity contribution in [3.63, 3.8) is 0 Å². The van der Waals surface area contributed by atoms with Crippen molar-refractivity contribution in [3.8, 4) is 0 Å². The van der Waals surface area contributed by atoms with E-state index >= 15 is 0 Å². The zero-order valence-electron chi connectivity index (χ0n) is 13.4. The van der Waals surface area contributed by atoms with Gasteiger partial charge in [0.15, 0.2) is 0 Å². The number of hydrogen-bond donors (Lipinski definition) is 2. The molecule has 0 spiro atoms. The SMILES string of the molecule is COC[C@H](O)Cc1ccc(N)c(C2=CCC(C)(C)CC2)c1. The Kier molecular flexibility index (Phi) is 5.07. The van der Waals surface area contributed by atoms with Crippen LogP contribution in [-0.2, 0) is 11.2 Å². The molecule has 0 fully saturated rings. The fourth-order valence-electron chi connectivity index (χ4n) is 2.85. The third-order valence-electron chi connectivity index (χ3n) is 4.27. The lowest BCUT2D eigenvalue weighted by molar-refractivity contribution is 0.0650. The molecule has 2 rings (SSSR count). The average Bonchev–Trinajstić information content (AvgIpc) is 2.41. The second kappa shape index (κ2) is 6.63. The molecule has 21 heavy (non-hydrogen) atoms. The van der Waals surface area contributed by atoms with E-state index in [0.29, 0.717) is 18.4 Å². The average molecular weight is 289 g/mol. The highest BCUT2D eigenvalue weighted by atomic mass is 16.5. The number of aliphatic hydroxyl groups is 1. The molecule has 0 aliphatic heterocycles. The third kappa shape index (κ3) is 4.32. The zero-order valence-corrected chi connectivity index (χ0v) is 13.4. The van der Waals surface area contributed by atoms with Crippen LogP contribution in [-0.4, -0.2) is 24.9 Å². The predicted molar refractivity (Wildman–Crippen MR) is 88.1 cm³/mol. The molecule has 0 aromatic heterocycles. The molecule has 1 aromatic carbocycles. The molecule has 0 amide bonds. The van der Waals surface area contributed by atoms with Gasteiger partial charge >= 0.3 is 0 Å². The van der Waals surface area contributed by atoms with Crippen molar-refractivity contribution in [1.82, 2.24) is 0 Å². The Bertz CT molecular complexity index is 520. The maximum absolute atomic E-state index is 9.87. The van der Waals surface area contributed by atoms with Gasteiger partial charge in [0, 0.05) is 24.8 Å². The summed E-state index contributed by atoms with van der Waals surface area (Å²) >= 11 is 0. The Labute approximate surface area is 127 Å². The monoisotopic (exact) mass is 289 g/mol. The lowest BCUT2D eigenvalue weighted by atomic mass is 9.76. The summed E-state index contributed by atoms with van der Waals surface area (Å²) in [6, 6.07) is 6.06. The number of nitrogen functional groups attached to an aromatic ring is 1. The second-order valence-electron chi connectivity index (χ2n) is 6.83. The van der Waals surface area contributed by atoms with Crippen molar-refractivity contribution in [2.24, 2.45) is 5.41 Å². The largest absolute Gasteiger partial charge is 0.398 e. The van der Waals surface area contributed by atoms with Crippen molar-refractivity contribution in [1.29, 1.82) is 0 Å². The standard InChI is InChI=1S/C18H27NO2/c1-18(2)8-6-14(7-9-18)16-11-13(4-5-17(16)19)10-15(20)12-21-3/h4-6,11,15,20H,7-10,12,19H2,1-3H3/t15-/m1/s1. The van der Waals surface area contributed by atoms with Gasteiger partial charge in [0.2, 0.25) is 0 Å². The quantitative estimate of drug-likeness (QED) is 0.817. The molecule has 3 heteroatoms.